The number of aliphatic hydroxyl groups is 1. The molecule has 1 aromatic carbocycles. The zero-order valence-electron chi connectivity index (χ0n) is 10.7. The molecule has 1 heterocycles. The summed E-state index contributed by atoms with van der Waals surface area (Å²) in [5, 5.41) is 29.8. The van der Waals surface area contributed by atoms with Crippen molar-refractivity contribution in [1.82, 2.24) is 0 Å². The predicted octanol–water partition coefficient (Wildman–Crippen LogP) is 1.82. The summed E-state index contributed by atoms with van der Waals surface area (Å²) in [6.07, 6.45) is 1.62. The molecule has 0 radical (unpaired) electrons. The van der Waals surface area contributed by atoms with Gasteiger partial charge in [0.15, 0.2) is 0 Å². The van der Waals surface area contributed by atoms with E-state index in [1.165, 1.54) is 12.1 Å². The minimum Gasteiger partial charge on any atom is -0.386 e. The van der Waals surface area contributed by atoms with E-state index in [0.29, 0.717) is 18.8 Å². The summed E-state index contributed by atoms with van der Waals surface area (Å²) in [5.41, 5.74) is -0.146. The first-order valence-electron chi connectivity index (χ1n) is 6.15. The Hall–Kier alpha value is -2.13. The van der Waals surface area contributed by atoms with E-state index in [4.69, 9.17) is 5.26 Å². The number of anilines is 1. The lowest BCUT2D eigenvalue weighted by atomic mass is 9.88. The Morgan fingerprint density at radius 2 is 2.26 bits per heavy atom. The van der Waals surface area contributed by atoms with Gasteiger partial charge in [-0.15, -0.1) is 0 Å². The monoisotopic (exact) mass is 261 g/mol. The highest BCUT2D eigenvalue weighted by Gasteiger charge is 2.40. The van der Waals surface area contributed by atoms with Crippen LogP contribution in [-0.4, -0.2) is 28.7 Å². The maximum atomic E-state index is 10.9. The summed E-state index contributed by atoms with van der Waals surface area (Å²) >= 11 is 0. The van der Waals surface area contributed by atoms with Gasteiger partial charge in [-0.05, 0) is 18.6 Å². The van der Waals surface area contributed by atoms with Crippen molar-refractivity contribution in [2.75, 3.05) is 18.0 Å². The first kappa shape index (κ1) is 13.3. The van der Waals surface area contributed by atoms with Crippen molar-refractivity contribution in [3.05, 3.63) is 33.9 Å². The highest BCUT2D eigenvalue weighted by molar-refractivity contribution is 5.61. The van der Waals surface area contributed by atoms with Crippen LogP contribution in [0.15, 0.2) is 18.2 Å². The number of hydrogen-bond acceptors (Lipinski definition) is 5. The smallest absolute Gasteiger partial charge is 0.289 e. The van der Waals surface area contributed by atoms with Crippen molar-refractivity contribution in [2.24, 2.45) is 0 Å². The Morgan fingerprint density at radius 3 is 2.79 bits per heavy atom. The van der Waals surface area contributed by atoms with Crippen LogP contribution in [0.3, 0.4) is 0 Å². The zero-order valence-corrected chi connectivity index (χ0v) is 10.7. The second kappa shape index (κ2) is 4.86. The summed E-state index contributed by atoms with van der Waals surface area (Å²) in [6, 6.07) is 6.33. The predicted molar refractivity (Wildman–Crippen MR) is 69.9 cm³/mol. The quantitative estimate of drug-likeness (QED) is 0.659. The number of benzene rings is 1. The van der Waals surface area contributed by atoms with Gasteiger partial charge in [0.2, 0.25) is 0 Å². The highest BCUT2D eigenvalue weighted by atomic mass is 16.6. The van der Waals surface area contributed by atoms with Gasteiger partial charge < -0.3 is 10.0 Å². The lowest BCUT2D eigenvalue weighted by molar-refractivity contribution is -0.385. The summed E-state index contributed by atoms with van der Waals surface area (Å²) in [7, 11) is 0. The fourth-order valence-corrected chi connectivity index (χ4v) is 2.43. The van der Waals surface area contributed by atoms with Gasteiger partial charge in [-0.3, -0.25) is 10.1 Å². The first-order valence-corrected chi connectivity index (χ1v) is 6.15. The van der Waals surface area contributed by atoms with E-state index in [-0.39, 0.29) is 11.3 Å². The van der Waals surface area contributed by atoms with Crippen molar-refractivity contribution >= 4 is 11.4 Å². The van der Waals surface area contributed by atoms with Crippen LogP contribution in [0.2, 0.25) is 0 Å². The fraction of sp³-hybridized carbons (Fsp3) is 0.462. The Bertz CT molecular complexity index is 545. The maximum absolute atomic E-state index is 10.9. The molecule has 0 spiro atoms. The Morgan fingerprint density at radius 1 is 1.58 bits per heavy atom. The Labute approximate surface area is 111 Å². The molecule has 0 aliphatic carbocycles. The van der Waals surface area contributed by atoms with E-state index in [2.05, 4.69) is 0 Å². The van der Waals surface area contributed by atoms with Crippen molar-refractivity contribution in [3.63, 3.8) is 0 Å². The van der Waals surface area contributed by atoms with E-state index in [9.17, 15) is 15.2 Å². The molecule has 1 aromatic rings. The third kappa shape index (κ3) is 2.51. The second-order valence-electron chi connectivity index (χ2n) is 4.90. The van der Waals surface area contributed by atoms with Crippen LogP contribution in [0.4, 0.5) is 11.4 Å². The molecule has 0 atom stereocenters. The zero-order chi connectivity index (χ0) is 14.0. The second-order valence-corrected chi connectivity index (χ2v) is 4.90. The van der Waals surface area contributed by atoms with E-state index in [0.717, 1.165) is 12.8 Å². The fourth-order valence-electron chi connectivity index (χ4n) is 2.43. The molecule has 1 fully saturated rings. The number of nitro benzene ring substituents is 1. The molecular formula is C13H15N3O3. The summed E-state index contributed by atoms with van der Waals surface area (Å²) in [6.45, 7) is 2.96. The standard InChI is InChI=1S/C13H15N3O3/c1-2-5-13(17)8-15(9-13)11-4-3-10(7-14)12(6-11)16(18)19/h3-4,6,17H,2,5,8-9H2,1H3. The van der Waals surface area contributed by atoms with E-state index >= 15 is 0 Å². The SMILES string of the molecule is CCCC1(O)CN(c2ccc(C#N)c([N+](=O)[O-])c2)C1. The van der Waals surface area contributed by atoms with Gasteiger partial charge in [-0.25, -0.2) is 0 Å². The molecule has 1 saturated heterocycles. The normalized spacial score (nSPS) is 16.6. The number of rotatable bonds is 4. The van der Waals surface area contributed by atoms with Gasteiger partial charge in [0.05, 0.1) is 10.5 Å². The van der Waals surface area contributed by atoms with Crippen molar-refractivity contribution in [3.8, 4) is 6.07 Å². The lowest BCUT2D eigenvalue weighted by Gasteiger charge is -2.48. The van der Waals surface area contributed by atoms with Crippen LogP contribution < -0.4 is 4.90 Å². The molecule has 1 aliphatic heterocycles. The topological polar surface area (TPSA) is 90.4 Å². The molecule has 100 valence electrons. The van der Waals surface area contributed by atoms with E-state index in [1.54, 1.807) is 12.1 Å². The van der Waals surface area contributed by atoms with Crippen molar-refractivity contribution < 1.29 is 10.0 Å². The molecule has 0 aromatic heterocycles. The van der Waals surface area contributed by atoms with Gasteiger partial charge in [0.1, 0.15) is 11.6 Å². The summed E-state index contributed by atoms with van der Waals surface area (Å²) < 4.78 is 0. The Kier molecular flexibility index (Phi) is 3.40. The van der Waals surface area contributed by atoms with Crippen LogP contribution in [0.1, 0.15) is 25.3 Å². The molecule has 1 aliphatic rings. The molecule has 1 N–H and O–H groups in total. The molecule has 6 heteroatoms. The minimum absolute atomic E-state index is 0.0538. The van der Waals surface area contributed by atoms with Crippen LogP contribution >= 0.6 is 0 Å². The van der Waals surface area contributed by atoms with Crippen LogP contribution in [-0.2, 0) is 0 Å². The van der Waals surface area contributed by atoms with Crippen molar-refractivity contribution in [1.29, 1.82) is 5.26 Å². The van der Waals surface area contributed by atoms with Crippen molar-refractivity contribution in [2.45, 2.75) is 25.4 Å². The number of nitro groups is 1. The summed E-state index contributed by atoms with van der Waals surface area (Å²) in [4.78, 5) is 12.2. The number of β-amino-alcohol motifs (C(OH)–C–C–N with tert-alkyl or cyclic N) is 1. The average molecular weight is 261 g/mol. The van der Waals surface area contributed by atoms with Crippen LogP contribution in [0.25, 0.3) is 0 Å². The first-order chi connectivity index (χ1) is 8.99. The molecule has 19 heavy (non-hydrogen) atoms. The average Bonchev–Trinajstić information content (AvgIpc) is 2.35. The molecule has 2 rings (SSSR count). The Balaban J connectivity index is 2.18. The van der Waals surface area contributed by atoms with Crippen LogP contribution in [0, 0.1) is 21.4 Å². The summed E-state index contributed by atoms with van der Waals surface area (Å²) in [5.74, 6) is 0. The molecule has 0 unspecified atom stereocenters. The molecular weight excluding hydrogens is 246 g/mol. The largest absolute Gasteiger partial charge is 0.386 e. The van der Waals surface area contributed by atoms with Gasteiger partial charge >= 0.3 is 0 Å². The molecule has 0 bridgehead atoms. The van der Waals surface area contributed by atoms with E-state index < -0.39 is 10.5 Å². The van der Waals surface area contributed by atoms with Gasteiger partial charge in [0, 0.05) is 24.8 Å². The molecule has 6 nitrogen and oxygen atoms in total. The third-order valence-corrected chi connectivity index (χ3v) is 3.35. The van der Waals surface area contributed by atoms with Crippen LogP contribution in [0.5, 0.6) is 0 Å². The molecule has 0 saturated carbocycles. The van der Waals surface area contributed by atoms with Gasteiger partial charge in [-0.2, -0.15) is 5.26 Å². The van der Waals surface area contributed by atoms with E-state index in [1.807, 2.05) is 11.8 Å². The highest BCUT2D eigenvalue weighted by Crippen LogP contribution is 2.33. The minimum atomic E-state index is -0.683. The maximum Gasteiger partial charge on any atom is 0.289 e. The third-order valence-electron chi connectivity index (χ3n) is 3.35. The number of nitriles is 1. The molecule has 0 amide bonds. The lowest BCUT2D eigenvalue weighted by Crippen LogP contribution is -2.61. The number of nitrogens with zero attached hydrogens (tertiary/aromatic N) is 3. The van der Waals surface area contributed by atoms with Gasteiger partial charge in [0.25, 0.3) is 5.69 Å². The van der Waals surface area contributed by atoms with Gasteiger partial charge in [-0.1, -0.05) is 13.3 Å². The number of hydrogen-bond donors (Lipinski definition) is 1.